The van der Waals surface area contributed by atoms with Crippen LogP contribution in [0.3, 0.4) is 0 Å². The van der Waals surface area contributed by atoms with Gasteiger partial charge in [0, 0.05) is 16.4 Å². The van der Waals surface area contributed by atoms with Gasteiger partial charge >= 0.3 is 5.97 Å². The van der Waals surface area contributed by atoms with E-state index >= 15 is 0 Å². The van der Waals surface area contributed by atoms with Crippen LogP contribution in [-0.2, 0) is 10.2 Å². The van der Waals surface area contributed by atoms with E-state index in [4.69, 9.17) is 19.2 Å². The molecule has 1 N–H and O–H groups in total. The highest BCUT2D eigenvalue weighted by Gasteiger charge is 2.52. The minimum atomic E-state index is -0.567. The molecule has 30 heavy (non-hydrogen) atoms. The van der Waals surface area contributed by atoms with Gasteiger partial charge in [-0.25, -0.2) is 9.78 Å². The van der Waals surface area contributed by atoms with E-state index in [1.807, 2.05) is 6.07 Å². The zero-order valence-electron chi connectivity index (χ0n) is 17.3. The van der Waals surface area contributed by atoms with Crippen LogP contribution in [0.2, 0.25) is 0 Å². The molecule has 4 saturated carbocycles. The summed E-state index contributed by atoms with van der Waals surface area (Å²) >= 11 is 1.61. The van der Waals surface area contributed by atoms with Crippen molar-refractivity contribution in [2.24, 2.45) is 17.8 Å². The lowest BCUT2D eigenvalue weighted by Crippen LogP contribution is -2.48. The van der Waals surface area contributed by atoms with Crippen LogP contribution in [0.4, 0.5) is 5.13 Å². The summed E-state index contributed by atoms with van der Waals surface area (Å²) in [5.41, 5.74) is 2.69. The first-order valence-corrected chi connectivity index (χ1v) is 11.6. The van der Waals surface area contributed by atoms with Crippen LogP contribution in [0.25, 0.3) is 0 Å². The second-order valence-corrected chi connectivity index (χ2v) is 10.3. The van der Waals surface area contributed by atoms with Crippen molar-refractivity contribution in [3.05, 3.63) is 34.3 Å². The molecule has 0 unspecified atom stereocenters. The number of methoxy groups -OCH3 is 2. The van der Waals surface area contributed by atoms with Gasteiger partial charge in [0.1, 0.15) is 5.56 Å². The summed E-state index contributed by atoms with van der Waals surface area (Å²) in [7, 11) is 3.09. The molecule has 4 bridgehead atoms. The Morgan fingerprint density at radius 2 is 1.80 bits per heavy atom. The first kappa shape index (κ1) is 18.5. The zero-order chi connectivity index (χ0) is 20.5. The van der Waals surface area contributed by atoms with E-state index in [1.54, 1.807) is 24.5 Å². The average molecular weight is 427 g/mol. The van der Waals surface area contributed by atoms with Crippen LogP contribution in [-0.4, -0.2) is 25.2 Å². The fourth-order valence-corrected chi connectivity index (χ4v) is 7.68. The molecule has 4 fully saturated rings. The molecule has 7 rings (SSSR count). The number of carbonyl (C=O) groups excluding carboxylic acids is 1. The Hall–Kier alpha value is -2.28. The highest BCUT2D eigenvalue weighted by molar-refractivity contribution is 7.13. The summed E-state index contributed by atoms with van der Waals surface area (Å²) in [6.45, 7) is 0. The van der Waals surface area contributed by atoms with E-state index in [9.17, 15) is 4.79 Å². The molecule has 0 amide bonds. The molecule has 158 valence electrons. The number of thiazole rings is 1. The molecule has 6 nitrogen and oxygen atoms in total. The molecule has 0 radical (unpaired) electrons. The number of anilines is 1. The Labute approximate surface area is 179 Å². The van der Waals surface area contributed by atoms with Crippen molar-refractivity contribution in [1.82, 2.24) is 4.98 Å². The standard InChI is InChI=1S/C23H26N2O4S/c1-27-16-4-3-15-18(19(16)28-2)21(26)29-20(15)25-22-24-17(11-30-22)23-8-12-5-13(9-23)7-14(6-12)10-23/h3-4,11-14,20H,5-10H2,1-2H3,(H,24,25)/t12?,13?,14?,20-,23?/m0/s1. The summed E-state index contributed by atoms with van der Waals surface area (Å²) in [5, 5.41) is 6.37. The third kappa shape index (κ3) is 2.67. The van der Waals surface area contributed by atoms with Crippen molar-refractivity contribution >= 4 is 22.4 Å². The lowest BCUT2D eigenvalue weighted by Gasteiger charge is -2.56. The van der Waals surface area contributed by atoms with E-state index in [-0.39, 0.29) is 5.41 Å². The van der Waals surface area contributed by atoms with Crippen molar-refractivity contribution in [3.63, 3.8) is 0 Å². The van der Waals surface area contributed by atoms with Crippen molar-refractivity contribution in [1.29, 1.82) is 0 Å². The van der Waals surface area contributed by atoms with E-state index in [1.165, 1.54) is 51.3 Å². The molecule has 4 aliphatic carbocycles. The van der Waals surface area contributed by atoms with Gasteiger partial charge in [0.05, 0.1) is 19.9 Å². The van der Waals surface area contributed by atoms with E-state index in [2.05, 4.69) is 10.7 Å². The quantitative estimate of drug-likeness (QED) is 0.685. The topological polar surface area (TPSA) is 69.7 Å². The van der Waals surface area contributed by atoms with Crippen molar-refractivity contribution in [3.8, 4) is 11.5 Å². The van der Waals surface area contributed by atoms with Crippen LogP contribution in [0.5, 0.6) is 11.5 Å². The van der Waals surface area contributed by atoms with Gasteiger partial charge < -0.3 is 19.5 Å². The van der Waals surface area contributed by atoms with Crippen LogP contribution in [0.15, 0.2) is 17.5 Å². The average Bonchev–Trinajstić information content (AvgIpc) is 3.32. The second-order valence-electron chi connectivity index (χ2n) is 9.43. The highest BCUT2D eigenvalue weighted by Crippen LogP contribution is 2.60. The largest absolute Gasteiger partial charge is 0.493 e. The molecule has 7 heteroatoms. The molecular formula is C23H26N2O4S. The second kappa shape index (κ2) is 6.61. The Morgan fingerprint density at radius 3 is 2.43 bits per heavy atom. The van der Waals surface area contributed by atoms with Gasteiger partial charge in [0.25, 0.3) is 0 Å². The predicted octanol–water partition coefficient (Wildman–Crippen LogP) is 4.91. The molecule has 1 aromatic heterocycles. The molecule has 0 spiro atoms. The Kier molecular flexibility index (Phi) is 4.07. The zero-order valence-corrected chi connectivity index (χ0v) is 18.1. The highest BCUT2D eigenvalue weighted by atomic mass is 32.1. The lowest BCUT2D eigenvalue weighted by atomic mass is 9.49. The molecule has 1 aliphatic heterocycles. The molecule has 2 aromatic rings. The number of rotatable bonds is 5. The predicted molar refractivity (Wildman–Crippen MR) is 113 cm³/mol. The maximum atomic E-state index is 12.5. The first-order valence-electron chi connectivity index (χ1n) is 10.8. The minimum Gasteiger partial charge on any atom is -0.493 e. The molecule has 1 atom stereocenters. The normalized spacial score (nSPS) is 33.3. The van der Waals surface area contributed by atoms with Crippen molar-refractivity contribution < 1.29 is 19.0 Å². The van der Waals surface area contributed by atoms with E-state index in [0.717, 1.165) is 28.4 Å². The molecule has 0 saturated heterocycles. The first-order chi connectivity index (χ1) is 14.6. The summed E-state index contributed by atoms with van der Waals surface area (Å²) in [5.74, 6) is 3.19. The SMILES string of the molecule is COc1ccc2c(c1OC)C(=O)O[C@@H]2Nc1nc(C23CC4CC(CC(C4)C2)C3)cs1. The third-order valence-corrected chi connectivity index (χ3v) is 8.40. The Morgan fingerprint density at radius 1 is 1.10 bits per heavy atom. The van der Waals surface area contributed by atoms with Gasteiger partial charge in [-0.1, -0.05) is 0 Å². The summed E-state index contributed by atoms with van der Waals surface area (Å²) < 4.78 is 16.4. The monoisotopic (exact) mass is 426 g/mol. The number of hydrogen-bond donors (Lipinski definition) is 1. The van der Waals surface area contributed by atoms with Gasteiger partial charge in [-0.2, -0.15) is 0 Å². The maximum Gasteiger partial charge on any atom is 0.344 e. The fraction of sp³-hybridized carbons (Fsp3) is 0.565. The number of benzene rings is 1. The molecular weight excluding hydrogens is 400 g/mol. The Bertz CT molecular complexity index is 981. The number of nitrogens with one attached hydrogen (secondary N) is 1. The van der Waals surface area contributed by atoms with Gasteiger partial charge in [-0.3, -0.25) is 0 Å². The number of esters is 1. The summed E-state index contributed by atoms with van der Waals surface area (Å²) in [6.07, 6.45) is 7.58. The van der Waals surface area contributed by atoms with E-state index in [0.29, 0.717) is 17.1 Å². The van der Waals surface area contributed by atoms with Crippen LogP contribution in [0.1, 0.15) is 66.4 Å². The van der Waals surface area contributed by atoms with E-state index < -0.39 is 12.2 Å². The number of ether oxygens (including phenoxy) is 3. The number of fused-ring (bicyclic) bond motifs is 1. The van der Waals surface area contributed by atoms with Gasteiger partial charge in [-0.15, -0.1) is 11.3 Å². The van der Waals surface area contributed by atoms with Crippen molar-refractivity contribution in [2.45, 2.75) is 50.2 Å². The molecule has 5 aliphatic rings. The minimum absolute atomic E-state index is 0.270. The molecule has 1 aromatic carbocycles. The number of carbonyl (C=O) groups is 1. The van der Waals surface area contributed by atoms with Crippen LogP contribution >= 0.6 is 11.3 Å². The van der Waals surface area contributed by atoms with Crippen molar-refractivity contribution in [2.75, 3.05) is 19.5 Å². The number of cyclic esters (lactones) is 1. The third-order valence-electron chi connectivity index (χ3n) is 7.63. The van der Waals surface area contributed by atoms with Crippen LogP contribution in [0, 0.1) is 17.8 Å². The maximum absolute atomic E-state index is 12.5. The Balaban J connectivity index is 1.27. The molecule has 2 heterocycles. The fourth-order valence-electron chi connectivity index (χ4n) is 6.83. The number of hydrogen-bond acceptors (Lipinski definition) is 7. The number of aromatic nitrogens is 1. The lowest BCUT2D eigenvalue weighted by molar-refractivity contribution is -0.00691. The smallest absolute Gasteiger partial charge is 0.344 e. The van der Waals surface area contributed by atoms with Crippen LogP contribution < -0.4 is 14.8 Å². The number of nitrogens with zero attached hydrogens (tertiary/aromatic N) is 1. The summed E-state index contributed by atoms with van der Waals surface area (Å²) in [4.78, 5) is 17.5. The van der Waals surface area contributed by atoms with Gasteiger partial charge in [-0.05, 0) is 68.4 Å². The summed E-state index contributed by atoms with van der Waals surface area (Å²) in [6, 6.07) is 3.66. The van der Waals surface area contributed by atoms with Gasteiger partial charge in [0.2, 0.25) is 6.23 Å². The van der Waals surface area contributed by atoms with Gasteiger partial charge in [0.15, 0.2) is 16.6 Å².